The Kier molecular flexibility index (Phi) is 9.31. The lowest BCUT2D eigenvalue weighted by Gasteiger charge is -2.18. The van der Waals surface area contributed by atoms with Gasteiger partial charge in [0.1, 0.15) is 5.76 Å². The minimum Gasteiger partial charge on any atom is -0.511 e. The highest BCUT2D eigenvalue weighted by Gasteiger charge is 2.39. The highest BCUT2D eigenvalue weighted by atomic mass is 16.5. The number of carbonyl (C=O) groups excluding carboxylic acids is 1. The molecule has 5 aliphatic heterocycles. The van der Waals surface area contributed by atoms with E-state index in [1.165, 1.54) is 12.7 Å². The Bertz CT molecular complexity index is 2090. The van der Waals surface area contributed by atoms with Gasteiger partial charge in [-0.15, -0.1) is 0 Å². The summed E-state index contributed by atoms with van der Waals surface area (Å²) in [5.41, 5.74) is 16.3. The van der Waals surface area contributed by atoms with Crippen LogP contribution in [0.15, 0.2) is 131 Å². The van der Waals surface area contributed by atoms with Gasteiger partial charge in [-0.1, -0.05) is 45.0 Å². The third-order valence-corrected chi connectivity index (χ3v) is 11.3. The van der Waals surface area contributed by atoms with E-state index in [1.807, 2.05) is 6.92 Å². The molecule has 3 atom stereocenters. The number of aryl methyl sites for hydroxylation is 1. The molecule has 264 valence electrons. The summed E-state index contributed by atoms with van der Waals surface area (Å²) in [6.07, 6.45) is 9.18. The number of benzene rings is 1. The Balaban J connectivity index is 1.38. The van der Waals surface area contributed by atoms with Gasteiger partial charge in [0.15, 0.2) is 0 Å². The van der Waals surface area contributed by atoms with Gasteiger partial charge >= 0.3 is 5.97 Å². The van der Waals surface area contributed by atoms with Crippen LogP contribution in [0, 0.1) is 11.8 Å². The standard InChI is InChI=1S/C43H48N4O4/c1-9-27-12-11-13-28(16-27)21-51-26(7)40-24(5)34-18-33-23(4)30(14-15-39(49)50-8)42(46-33)31-17-38(48)41-25(6)35(47-43(31)41)19-36-29(10-2)22(3)32(44-36)20-37(40)45-34/h11-13,16,18-20,22,26,29,44,48H,9-10,14-15,17,21H2,1-8H3/t22-,26?,29-/m1/s1. The van der Waals surface area contributed by atoms with E-state index in [2.05, 4.69) is 89.4 Å². The minimum absolute atomic E-state index is 0.215. The molecule has 1 saturated heterocycles. The smallest absolute Gasteiger partial charge is 0.305 e. The van der Waals surface area contributed by atoms with Crippen LogP contribution in [-0.4, -0.2) is 41.4 Å². The predicted molar refractivity (Wildman–Crippen MR) is 203 cm³/mol. The van der Waals surface area contributed by atoms with E-state index >= 15 is 0 Å². The number of rotatable bonds is 9. The number of aliphatic imine (C=N–C) groups is 3. The lowest BCUT2D eigenvalue weighted by atomic mass is 9.89. The number of methoxy groups -OCH3 is 1. The van der Waals surface area contributed by atoms with Gasteiger partial charge < -0.3 is 19.9 Å². The predicted octanol–water partition coefficient (Wildman–Crippen LogP) is 8.78. The second-order valence-electron chi connectivity index (χ2n) is 14.3. The van der Waals surface area contributed by atoms with E-state index in [0.717, 1.165) is 103 Å². The average molecular weight is 685 g/mol. The fourth-order valence-corrected chi connectivity index (χ4v) is 8.22. The van der Waals surface area contributed by atoms with Crippen molar-refractivity contribution in [1.29, 1.82) is 0 Å². The molecule has 0 aromatic heterocycles. The quantitative estimate of drug-likeness (QED) is 0.253. The van der Waals surface area contributed by atoms with E-state index in [0.29, 0.717) is 25.2 Å². The number of ether oxygens (including phenoxy) is 2. The van der Waals surface area contributed by atoms with Crippen LogP contribution in [-0.2, 0) is 27.3 Å². The van der Waals surface area contributed by atoms with Crippen molar-refractivity contribution in [3.05, 3.63) is 127 Å². The van der Waals surface area contributed by atoms with Gasteiger partial charge in [-0.2, -0.15) is 0 Å². The summed E-state index contributed by atoms with van der Waals surface area (Å²) in [5.74, 6) is 0.543. The summed E-state index contributed by atoms with van der Waals surface area (Å²) < 4.78 is 11.6. The summed E-state index contributed by atoms with van der Waals surface area (Å²) in [4.78, 5) is 28.0. The number of hydrogen-bond donors (Lipinski definition) is 2. The number of esters is 1. The van der Waals surface area contributed by atoms with E-state index < -0.39 is 0 Å². The van der Waals surface area contributed by atoms with Gasteiger partial charge in [0.2, 0.25) is 0 Å². The molecule has 0 radical (unpaired) electrons. The number of nitrogens with one attached hydrogen (secondary N) is 1. The molecule has 7 rings (SSSR count). The Labute approximate surface area is 301 Å². The van der Waals surface area contributed by atoms with Gasteiger partial charge in [0.05, 0.1) is 54.0 Å². The number of fused-ring (bicyclic) bond motifs is 5. The van der Waals surface area contributed by atoms with Crippen LogP contribution >= 0.6 is 0 Å². The molecule has 1 fully saturated rings. The first-order valence-corrected chi connectivity index (χ1v) is 18.3. The lowest BCUT2D eigenvalue weighted by Crippen LogP contribution is -2.18. The minimum atomic E-state index is -0.276. The third-order valence-electron chi connectivity index (χ3n) is 11.3. The maximum Gasteiger partial charge on any atom is 0.305 e. The molecule has 51 heavy (non-hydrogen) atoms. The maximum absolute atomic E-state index is 12.3. The molecule has 1 unspecified atom stereocenters. The normalized spacial score (nSPS) is 23.1. The van der Waals surface area contributed by atoms with Crippen LogP contribution in [0.2, 0.25) is 0 Å². The van der Waals surface area contributed by atoms with Crippen LogP contribution < -0.4 is 5.32 Å². The van der Waals surface area contributed by atoms with E-state index in [4.69, 9.17) is 24.5 Å². The number of nitrogens with zero attached hydrogens (tertiary/aromatic N) is 3. The van der Waals surface area contributed by atoms with Gasteiger partial charge in [0, 0.05) is 52.8 Å². The molecular formula is C43H48N4O4. The highest BCUT2D eigenvalue weighted by molar-refractivity contribution is 6.22. The zero-order valence-corrected chi connectivity index (χ0v) is 31.0. The van der Waals surface area contributed by atoms with Crippen LogP contribution in [0.3, 0.4) is 0 Å². The fraction of sp³-hybridized carbons (Fsp3) is 0.395. The highest BCUT2D eigenvalue weighted by Crippen LogP contribution is 2.46. The van der Waals surface area contributed by atoms with Gasteiger partial charge in [-0.05, 0) is 98.6 Å². The Morgan fingerprint density at radius 3 is 2.53 bits per heavy atom. The molecule has 5 heterocycles. The number of allylic oxidation sites excluding steroid dienone is 11. The summed E-state index contributed by atoms with van der Waals surface area (Å²) in [6, 6.07) is 8.58. The van der Waals surface area contributed by atoms with Crippen molar-refractivity contribution >= 4 is 23.1 Å². The van der Waals surface area contributed by atoms with Crippen molar-refractivity contribution in [3.63, 3.8) is 0 Å². The Morgan fingerprint density at radius 2 is 1.78 bits per heavy atom. The Morgan fingerprint density at radius 1 is 1.00 bits per heavy atom. The molecule has 8 nitrogen and oxygen atoms in total. The van der Waals surface area contributed by atoms with Gasteiger partial charge in [0.25, 0.3) is 0 Å². The molecular weight excluding hydrogens is 636 g/mol. The molecule has 0 amide bonds. The molecule has 2 N–H and O–H groups in total. The molecule has 6 aliphatic rings. The molecule has 0 spiro atoms. The van der Waals surface area contributed by atoms with Crippen LogP contribution in [0.25, 0.3) is 0 Å². The monoisotopic (exact) mass is 684 g/mol. The van der Waals surface area contributed by atoms with Gasteiger partial charge in [-0.3, -0.25) is 4.79 Å². The number of carbonyl (C=O) groups is 1. The van der Waals surface area contributed by atoms with Crippen LogP contribution in [0.1, 0.15) is 85.3 Å². The van der Waals surface area contributed by atoms with Crippen molar-refractivity contribution < 1.29 is 19.4 Å². The number of aliphatic hydroxyl groups excluding tert-OH is 1. The first-order valence-electron chi connectivity index (χ1n) is 18.3. The van der Waals surface area contributed by atoms with Crippen LogP contribution in [0.5, 0.6) is 0 Å². The molecule has 1 aromatic rings. The molecule has 0 saturated carbocycles. The largest absolute Gasteiger partial charge is 0.511 e. The van der Waals surface area contributed by atoms with Gasteiger partial charge in [-0.25, -0.2) is 15.0 Å². The summed E-state index contributed by atoms with van der Waals surface area (Å²) in [6.45, 7) is 15.5. The van der Waals surface area contributed by atoms with E-state index in [1.54, 1.807) is 0 Å². The molecule has 1 aliphatic carbocycles. The third kappa shape index (κ3) is 6.13. The first-order chi connectivity index (χ1) is 24.5. The fourth-order valence-electron chi connectivity index (χ4n) is 8.22. The first kappa shape index (κ1) is 34.6. The van der Waals surface area contributed by atoms with Crippen molar-refractivity contribution in [2.45, 2.75) is 93.3 Å². The number of hydrogen-bond acceptors (Lipinski definition) is 8. The van der Waals surface area contributed by atoms with Crippen molar-refractivity contribution in [1.82, 2.24) is 5.32 Å². The van der Waals surface area contributed by atoms with Crippen molar-refractivity contribution in [2.75, 3.05) is 7.11 Å². The molecule has 1 aromatic carbocycles. The van der Waals surface area contributed by atoms with Crippen molar-refractivity contribution in [2.24, 2.45) is 26.8 Å². The lowest BCUT2D eigenvalue weighted by molar-refractivity contribution is -0.140. The summed E-state index contributed by atoms with van der Waals surface area (Å²) in [5, 5.41) is 15.1. The topological polar surface area (TPSA) is 105 Å². The average Bonchev–Trinajstić information content (AvgIpc) is 3.88. The Hall–Kier alpha value is -4.82. The SMILES string of the molecule is CCc1cccc(COC(C)C2=C(C)C3=CC4=NC(=C5CC(O)=C6C5=NC(=C6C)C=C5NC(=CC2=N3)[C@H](C)[C@H]5CC)C(CCC(=O)OC)=C4C)c1. The van der Waals surface area contributed by atoms with E-state index in [-0.39, 0.29) is 30.3 Å². The van der Waals surface area contributed by atoms with Crippen molar-refractivity contribution in [3.8, 4) is 0 Å². The maximum atomic E-state index is 12.3. The zero-order chi connectivity index (χ0) is 36.1. The molecule has 8 bridgehead atoms. The second-order valence-corrected chi connectivity index (χ2v) is 14.3. The molecule has 8 heteroatoms. The zero-order valence-electron chi connectivity index (χ0n) is 31.0. The van der Waals surface area contributed by atoms with E-state index in [9.17, 15) is 9.90 Å². The van der Waals surface area contributed by atoms with Crippen LogP contribution in [0.4, 0.5) is 0 Å². The summed E-state index contributed by atoms with van der Waals surface area (Å²) in [7, 11) is 1.41. The summed E-state index contributed by atoms with van der Waals surface area (Å²) >= 11 is 0. The second kappa shape index (κ2) is 13.7. The number of aliphatic hydroxyl groups is 1.